The minimum Gasteiger partial charge on any atom is -0.508 e. The molecule has 1 heterocycles. The number of carboxylic acid groups (broad SMARTS) is 1. The maximum atomic E-state index is 12.5. The first-order valence-corrected chi connectivity index (χ1v) is 9.38. The predicted octanol–water partition coefficient (Wildman–Crippen LogP) is -1.12. The summed E-state index contributed by atoms with van der Waals surface area (Å²) in [7, 11) is 0. The summed E-state index contributed by atoms with van der Waals surface area (Å²) in [6.07, 6.45) is 1.68. The summed E-state index contributed by atoms with van der Waals surface area (Å²) in [6, 6.07) is 3.58. The number of nitrogens with one attached hydrogen (secondary N) is 4. The van der Waals surface area contributed by atoms with Gasteiger partial charge in [-0.2, -0.15) is 0 Å². The Kier molecular flexibility index (Phi) is 7.96. The van der Waals surface area contributed by atoms with E-state index in [9.17, 15) is 24.3 Å². The van der Waals surface area contributed by atoms with Crippen LogP contribution in [0.5, 0.6) is 5.75 Å². The van der Waals surface area contributed by atoms with Crippen molar-refractivity contribution in [2.24, 2.45) is 0 Å². The molecule has 3 unspecified atom stereocenters. The van der Waals surface area contributed by atoms with Crippen LogP contribution in [0.3, 0.4) is 0 Å². The van der Waals surface area contributed by atoms with E-state index in [0.717, 1.165) is 13.0 Å². The summed E-state index contributed by atoms with van der Waals surface area (Å²) >= 11 is 0. The van der Waals surface area contributed by atoms with E-state index in [1.165, 1.54) is 19.1 Å². The molecule has 0 bridgehead atoms. The summed E-state index contributed by atoms with van der Waals surface area (Å²) in [5.41, 5.74) is 0.658. The van der Waals surface area contributed by atoms with Gasteiger partial charge in [-0.3, -0.25) is 19.2 Å². The minimum atomic E-state index is -1.20. The highest BCUT2D eigenvalue weighted by Gasteiger charge is 2.26. The highest BCUT2D eigenvalue weighted by Crippen LogP contribution is 2.11. The van der Waals surface area contributed by atoms with Crippen LogP contribution in [-0.2, 0) is 25.6 Å². The standard InChI is InChI=1S/C19H26N4O6/c1-11(19(28)29)22-18(27)15(9-12-4-6-13(24)7-5-12)23-16(25)10-21-17(26)14-3-2-8-20-14/h4-7,11,14-15,20,24H,2-3,8-10H2,1H3,(H,21,26)(H,22,27)(H,23,25)(H,28,29). The Hall–Kier alpha value is -3.14. The Morgan fingerprint density at radius 1 is 1.17 bits per heavy atom. The number of aromatic hydroxyl groups is 1. The van der Waals surface area contributed by atoms with E-state index < -0.39 is 29.9 Å². The van der Waals surface area contributed by atoms with Gasteiger partial charge in [0.2, 0.25) is 17.7 Å². The van der Waals surface area contributed by atoms with Crippen LogP contribution in [0.15, 0.2) is 24.3 Å². The molecule has 29 heavy (non-hydrogen) atoms. The Bertz CT molecular complexity index is 746. The zero-order valence-electron chi connectivity index (χ0n) is 16.1. The van der Waals surface area contributed by atoms with Gasteiger partial charge in [0.05, 0.1) is 12.6 Å². The number of hydrogen-bond acceptors (Lipinski definition) is 6. The summed E-state index contributed by atoms with van der Waals surface area (Å²) in [5.74, 6) is -2.66. The number of aliphatic carboxylic acids is 1. The van der Waals surface area contributed by atoms with E-state index in [4.69, 9.17) is 5.11 Å². The van der Waals surface area contributed by atoms with Crippen molar-refractivity contribution < 1.29 is 29.4 Å². The molecule has 0 aliphatic carbocycles. The number of carbonyl (C=O) groups is 4. The normalized spacial score (nSPS) is 17.8. The van der Waals surface area contributed by atoms with Crippen LogP contribution in [0.1, 0.15) is 25.3 Å². The van der Waals surface area contributed by atoms with Gasteiger partial charge >= 0.3 is 5.97 Å². The third-order valence-corrected chi connectivity index (χ3v) is 4.56. The molecule has 1 aromatic carbocycles. The van der Waals surface area contributed by atoms with E-state index in [2.05, 4.69) is 21.3 Å². The number of carbonyl (C=O) groups excluding carboxylic acids is 3. The fourth-order valence-corrected chi connectivity index (χ4v) is 2.90. The van der Waals surface area contributed by atoms with Crippen LogP contribution in [0, 0.1) is 0 Å². The van der Waals surface area contributed by atoms with Crippen molar-refractivity contribution in [3.05, 3.63) is 29.8 Å². The molecule has 10 heteroatoms. The maximum Gasteiger partial charge on any atom is 0.325 e. The van der Waals surface area contributed by atoms with Crippen LogP contribution in [-0.4, -0.2) is 65.1 Å². The average Bonchev–Trinajstić information content (AvgIpc) is 3.22. The zero-order chi connectivity index (χ0) is 21.4. The lowest BCUT2D eigenvalue weighted by Gasteiger charge is -2.20. The maximum absolute atomic E-state index is 12.5. The van der Waals surface area contributed by atoms with E-state index in [1.54, 1.807) is 12.1 Å². The molecule has 10 nitrogen and oxygen atoms in total. The van der Waals surface area contributed by atoms with Gasteiger partial charge in [-0.05, 0) is 44.0 Å². The SMILES string of the molecule is CC(NC(=O)C(Cc1ccc(O)cc1)NC(=O)CNC(=O)C1CCCN1)C(=O)O. The lowest BCUT2D eigenvalue weighted by atomic mass is 10.0. The van der Waals surface area contributed by atoms with Crippen LogP contribution in [0.4, 0.5) is 0 Å². The first-order chi connectivity index (χ1) is 13.8. The number of phenols is 1. The molecular formula is C19H26N4O6. The van der Waals surface area contributed by atoms with Gasteiger partial charge in [0.25, 0.3) is 0 Å². The second kappa shape index (κ2) is 10.4. The lowest BCUT2D eigenvalue weighted by molar-refractivity contribution is -0.141. The number of phenolic OH excluding ortho intramolecular Hbond substituents is 1. The lowest BCUT2D eigenvalue weighted by Crippen LogP contribution is -2.53. The van der Waals surface area contributed by atoms with Crippen molar-refractivity contribution in [1.29, 1.82) is 0 Å². The molecule has 3 atom stereocenters. The van der Waals surface area contributed by atoms with E-state index in [1.807, 2.05) is 0 Å². The summed E-state index contributed by atoms with van der Waals surface area (Å²) < 4.78 is 0. The zero-order valence-corrected chi connectivity index (χ0v) is 16.1. The number of carboxylic acids is 1. The Balaban J connectivity index is 1.97. The Morgan fingerprint density at radius 2 is 1.86 bits per heavy atom. The smallest absolute Gasteiger partial charge is 0.325 e. The summed E-state index contributed by atoms with van der Waals surface area (Å²) in [4.78, 5) is 47.7. The Labute approximate surface area is 168 Å². The van der Waals surface area contributed by atoms with E-state index >= 15 is 0 Å². The molecule has 6 N–H and O–H groups in total. The van der Waals surface area contributed by atoms with Gasteiger partial charge in [-0.25, -0.2) is 0 Å². The fourth-order valence-electron chi connectivity index (χ4n) is 2.90. The molecule has 1 aromatic rings. The van der Waals surface area contributed by atoms with Crippen molar-refractivity contribution in [1.82, 2.24) is 21.3 Å². The van der Waals surface area contributed by atoms with Crippen molar-refractivity contribution in [3.8, 4) is 5.75 Å². The first kappa shape index (κ1) is 22.2. The van der Waals surface area contributed by atoms with Crippen molar-refractivity contribution in [3.63, 3.8) is 0 Å². The number of benzene rings is 1. The molecule has 2 rings (SSSR count). The second-order valence-electron chi connectivity index (χ2n) is 6.93. The topological polar surface area (TPSA) is 157 Å². The molecule has 1 aliphatic heterocycles. The van der Waals surface area contributed by atoms with Gasteiger partial charge in [0, 0.05) is 6.42 Å². The van der Waals surface area contributed by atoms with Gasteiger partial charge in [0.15, 0.2) is 0 Å². The highest BCUT2D eigenvalue weighted by atomic mass is 16.4. The molecule has 0 saturated carbocycles. The molecule has 1 saturated heterocycles. The van der Waals surface area contributed by atoms with Gasteiger partial charge in [0.1, 0.15) is 17.8 Å². The Morgan fingerprint density at radius 3 is 2.45 bits per heavy atom. The van der Waals surface area contributed by atoms with Crippen molar-refractivity contribution in [2.75, 3.05) is 13.1 Å². The average molecular weight is 406 g/mol. The monoisotopic (exact) mass is 406 g/mol. The van der Waals surface area contributed by atoms with Crippen molar-refractivity contribution >= 4 is 23.7 Å². The quantitative estimate of drug-likeness (QED) is 0.303. The molecule has 158 valence electrons. The molecular weight excluding hydrogens is 380 g/mol. The summed E-state index contributed by atoms with van der Waals surface area (Å²) in [6.45, 7) is 1.76. The molecule has 0 radical (unpaired) electrons. The van der Waals surface area contributed by atoms with Crippen LogP contribution in [0.25, 0.3) is 0 Å². The second-order valence-corrected chi connectivity index (χ2v) is 6.93. The van der Waals surface area contributed by atoms with E-state index in [0.29, 0.717) is 12.0 Å². The van der Waals surface area contributed by atoms with Crippen LogP contribution in [0.2, 0.25) is 0 Å². The van der Waals surface area contributed by atoms with Crippen LogP contribution < -0.4 is 21.3 Å². The predicted molar refractivity (Wildman–Crippen MR) is 103 cm³/mol. The third-order valence-electron chi connectivity index (χ3n) is 4.56. The molecule has 1 fully saturated rings. The van der Waals surface area contributed by atoms with Gasteiger partial charge in [-0.1, -0.05) is 12.1 Å². The number of hydrogen-bond donors (Lipinski definition) is 6. The van der Waals surface area contributed by atoms with Gasteiger partial charge in [-0.15, -0.1) is 0 Å². The van der Waals surface area contributed by atoms with Gasteiger partial charge < -0.3 is 31.5 Å². The number of rotatable bonds is 9. The van der Waals surface area contributed by atoms with Crippen molar-refractivity contribution in [2.45, 2.75) is 44.3 Å². The molecule has 3 amide bonds. The van der Waals surface area contributed by atoms with E-state index in [-0.39, 0.29) is 30.7 Å². The largest absolute Gasteiger partial charge is 0.508 e. The summed E-state index contributed by atoms with van der Waals surface area (Å²) in [5, 5.41) is 28.8. The van der Waals surface area contributed by atoms with Crippen LogP contribution >= 0.6 is 0 Å². The highest BCUT2D eigenvalue weighted by molar-refractivity contribution is 5.92. The number of amides is 3. The fraction of sp³-hybridized carbons (Fsp3) is 0.474. The molecule has 0 spiro atoms. The molecule has 0 aromatic heterocycles. The molecule has 1 aliphatic rings. The first-order valence-electron chi connectivity index (χ1n) is 9.38. The minimum absolute atomic E-state index is 0.0570. The third kappa shape index (κ3) is 7.07.